The Morgan fingerprint density at radius 3 is 2.21 bits per heavy atom. The average molecular weight is 201 g/mol. The molecule has 0 aliphatic carbocycles. The van der Waals surface area contributed by atoms with Crippen molar-refractivity contribution in [3.63, 3.8) is 0 Å². The Morgan fingerprint density at radius 2 is 1.86 bits per heavy atom. The Morgan fingerprint density at radius 1 is 1.36 bits per heavy atom. The Bertz CT molecular complexity index is 151. The van der Waals surface area contributed by atoms with Gasteiger partial charge in [0, 0.05) is 26.6 Å². The van der Waals surface area contributed by atoms with E-state index < -0.39 is 0 Å². The fourth-order valence-electron chi connectivity index (χ4n) is 1.72. The van der Waals surface area contributed by atoms with E-state index in [2.05, 4.69) is 0 Å². The number of rotatable bonds is 2. The number of carbonyl (C=O) groups is 1. The highest BCUT2D eigenvalue weighted by Gasteiger charge is 2.19. The van der Waals surface area contributed by atoms with Gasteiger partial charge < -0.3 is 10.0 Å². The van der Waals surface area contributed by atoms with Crippen LogP contribution in [0.25, 0.3) is 0 Å². The summed E-state index contributed by atoms with van der Waals surface area (Å²) in [7, 11) is 0. The summed E-state index contributed by atoms with van der Waals surface area (Å²) in [4.78, 5) is 12.8. The molecule has 0 bridgehead atoms. The number of aliphatic hydroxyl groups excluding tert-OH is 1. The maximum atomic E-state index is 10.9. The van der Waals surface area contributed by atoms with Gasteiger partial charge in [-0.1, -0.05) is 13.8 Å². The molecule has 0 atom stereocenters. The standard InChI is InChI=1S/C9H17NO2.C2H6/c1-8(12)10-5-2-9(3-6-10)4-7-11;1-2/h9,11H,2-7H2,1H3;1-2H3. The van der Waals surface area contributed by atoms with Gasteiger partial charge in [0.1, 0.15) is 0 Å². The second-order valence-corrected chi connectivity index (χ2v) is 3.46. The van der Waals surface area contributed by atoms with Crippen molar-refractivity contribution in [1.82, 2.24) is 4.90 Å². The zero-order valence-electron chi connectivity index (χ0n) is 9.62. The zero-order valence-corrected chi connectivity index (χ0v) is 9.62. The van der Waals surface area contributed by atoms with Crippen LogP contribution >= 0.6 is 0 Å². The van der Waals surface area contributed by atoms with Gasteiger partial charge in [-0.15, -0.1) is 0 Å². The first-order valence-corrected chi connectivity index (χ1v) is 5.60. The van der Waals surface area contributed by atoms with Crippen molar-refractivity contribution < 1.29 is 9.90 Å². The molecule has 1 fully saturated rings. The summed E-state index contributed by atoms with van der Waals surface area (Å²) in [5, 5.41) is 8.71. The van der Waals surface area contributed by atoms with Crippen molar-refractivity contribution in [2.24, 2.45) is 5.92 Å². The molecule has 0 spiro atoms. The second kappa shape index (κ2) is 7.80. The number of likely N-dealkylation sites (tertiary alicyclic amines) is 1. The molecule has 0 aromatic carbocycles. The van der Waals surface area contributed by atoms with E-state index in [4.69, 9.17) is 5.11 Å². The molecule has 1 heterocycles. The van der Waals surface area contributed by atoms with E-state index in [1.54, 1.807) is 6.92 Å². The number of aliphatic hydroxyl groups is 1. The molecule has 1 amide bonds. The highest BCUT2D eigenvalue weighted by molar-refractivity contribution is 5.73. The Hall–Kier alpha value is -0.570. The summed E-state index contributed by atoms with van der Waals surface area (Å²) in [5.41, 5.74) is 0. The van der Waals surface area contributed by atoms with E-state index in [-0.39, 0.29) is 12.5 Å². The molecular weight excluding hydrogens is 178 g/mol. The van der Waals surface area contributed by atoms with Crippen molar-refractivity contribution in [2.75, 3.05) is 19.7 Å². The van der Waals surface area contributed by atoms with Gasteiger partial charge in [-0.25, -0.2) is 0 Å². The molecule has 1 saturated heterocycles. The van der Waals surface area contributed by atoms with Gasteiger partial charge in [0.15, 0.2) is 0 Å². The summed E-state index contributed by atoms with van der Waals surface area (Å²) in [5.74, 6) is 0.808. The lowest BCUT2D eigenvalue weighted by molar-refractivity contribution is -0.130. The van der Waals surface area contributed by atoms with Crippen molar-refractivity contribution in [1.29, 1.82) is 0 Å². The molecule has 3 heteroatoms. The number of hydrogen-bond donors (Lipinski definition) is 1. The number of amides is 1. The molecule has 0 saturated carbocycles. The van der Waals surface area contributed by atoms with Crippen molar-refractivity contribution in [2.45, 2.75) is 40.0 Å². The molecule has 0 aromatic heterocycles. The van der Waals surface area contributed by atoms with Gasteiger partial charge in [-0.2, -0.15) is 0 Å². The maximum Gasteiger partial charge on any atom is 0.219 e. The zero-order chi connectivity index (χ0) is 11.0. The molecular formula is C11H23NO2. The summed E-state index contributed by atoms with van der Waals surface area (Å²) in [6.45, 7) is 7.65. The molecule has 1 aliphatic heterocycles. The van der Waals surface area contributed by atoms with Crippen LogP contribution in [0.5, 0.6) is 0 Å². The summed E-state index contributed by atoms with van der Waals surface area (Å²) in [6, 6.07) is 0. The molecule has 14 heavy (non-hydrogen) atoms. The quantitative estimate of drug-likeness (QED) is 0.738. The minimum absolute atomic E-state index is 0.178. The SMILES string of the molecule is CC.CC(=O)N1CCC(CCO)CC1. The van der Waals surface area contributed by atoms with Crippen LogP contribution in [-0.2, 0) is 4.79 Å². The molecule has 0 radical (unpaired) electrons. The second-order valence-electron chi connectivity index (χ2n) is 3.46. The first-order valence-electron chi connectivity index (χ1n) is 5.60. The number of nitrogens with zero attached hydrogens (tertiary/aromatic N) is 1. The average Bonchev–Trinajstić information content (AvgIpc) is 2.22. The van der Waals surface area contributed by atoms with Crippen molar-refractivity contribution in [3.05, 3.63) is 0 Å². The summed E-state index contributed by atoms with van der Waals surface area (Å²) in [6.07, 6.45) is 3.01. The van der Waals surface area contributed by atoms with E-state index in [0.717, 1.165) is 32.4 Å². The molecule has 0 unspecified atom stereocenters. The normalized spacial score (nSPS) is 17.3. The van der Waals surface area contributed by atoms with Gasteiger partial charge >= 0.3 is 0 Å². The number of carbonyl (C=O) groups excluding carboxylic acids is 1. The molecule has 3 nitrogen and oxygen atoms in total. The lowest BCUT2D eigenvalue weighted by Crippen LogP contribution is -2.37. The maximum absolute atomic E-state index is 10.9. The van der Waals surface area contributed by atoms with E-state index in [0.29, 0.717) is 5.92 Å². The third-order valence-corrected chi connectivity index (χ3v) is 2.60. The van der Waals surface area contributed by atoms with Crippen molar-refractivity contribution >= 4 is 5.91 Å². The highest BCUT2D eigenvalue weighted by atomic mass is 16.3. The van der Waals surface area contributed by atoms with E-state index >= 15 is 0 Å². The Kier molecular flexibility index (Phi) is 7.48. The molecule has 0 aromatic rings. The minimum Gasteiger partial charge on any atom is -0.396 e. The van der Waals surface area contributed by atoms with Crippen LogP contribution in [0.4, 0.5) is 0 Å². The Labute approximate surface area is 87.1 Å². The molecule has 84 valence electrons. The lowest BCUT2D eigenvalue weighted by atomic mass is 9.94. The predicted octanol–water partition coefficient (Wildman–Crippen LogP) is 1.65. The van der Waals surface area contributed by atoms with Crippen LogP contribution in [0.2, 0.25) is 0 Å². The minimum atomic E-state index is 0.178. The van der Waals surface area contributed by atoms with Crippen LogP contribution in [0, 0.1) is 5.92 Å². The van der Waals surface area contributed by atoms with Gasteiger partial charge in [-0.3, -0.25) is 4.79 Å². The van der Waals surface area contributed by atoms with Crippen LogP contribution in [-0.4, -0.2) is 35.6 Å². The van der Waals surface area contributed by atoms with Crippen molar-refractivity contribution in [3.8, 4) is 0 Å². The largest absolute Gasteiger partial charge is 0.396 e. The fraction of sp³-hybridized carbons (Fsp3) is 0.909. The van der Waals surface area contributed by atoms with Gasteiger partial charge in [0.25, 0.3) is 0 Å². The first kappa shape index (κ1) is 13.4. The summed E-state index contributed by atoms with van der Waals surface area (Å²) < 4.78 is 0. The van der Waals surface area contributed by atoms with Crippen LogP contribution < -0.4 is 0 Å². The van der Waals surface area contributed by atoms with E-state index in [9.17, 15) is 4.79 Å². The third-order valence-electron chi connectivity index (χ3n) is 2.60. The number of piperidine rings is 1. The van der Waals surface area contributed by atoms with E-state index in [1.165, 1.54) is 0 Å². The van der Waals surface area contributed by atoms with Gasteiger partial charge in [0.2, 0.25) is 5.91 Å². The van der Waals surface area contributed by atoms with Crippen LogP contribution in [0.1, 0.15) is 40.0 Å². The summed E-state index contributed by atoms with van der Waals surface area (Å²) >= 11 is 0. The third kappa shape index (κ3) is 4.61. The molecule has 1 N–H and O–H groups in total. The monoisotopic (exact) mass is 201 g/mol. The molecule has 1 aliphatic rings. The number of hydrogen-bond acceptors (Lipinski definition) is 2. The Balaban J connectivity index is 0.000000791. The first-order chi connectivity index (χ1) is 6.74. The van der Waals surface area contributed by atoms with Gasteiger partial charge in [-0.05, 0) is 25.2 Å². The highest BCUT2D eigenvalue weighted by Crippen LogP contribution is 2.19. The van der Waals surface area contributed by atoms with Gasteiger partial charge in [0.05, 0.1) is 0 Å². The fourth-order valence-corrected chi connectivity index (χ4v) is 1.72. The van der Waals surface area contributed by atoms with Crippen LogP contribution in [0.3, 0.4) is 0 Å². The lowest BCUT2D eigenvalue weighted by Gasteiger charge is -2.30. The van der Waals surface area contributed by atoms with E-state index in [1.807, 2.05) is 18.7 Å². The smallest absolute Gasteiger partial charge is 0.219 e. The predicted molar refractivity (Wildman–Crippen MR) is 58.0 cm³/mol. The topological polar surface area (TPSA) is 40.5 Å². The molecule has 1 rings (SSSR count). The van der Waals surface area contributed by atoms with Crippen LogP contribution in [0.15, 0.2) is 0 Å².